The molecule has 11 heteroatoms. The van der Waals surface area contributed by atoms with Crippen LogP contribution in [0.4, 0.5) is 5.82 Å². The van der Waals surface area contributed by atoms with Crippen molar-refractivity contribution >= 4 is 51.9 Å². The fraction of sp³-hybridized carbons (Fsp3) is 0.450. The SMILES string of the molecule is C[C@@H]1OCC2(CCN(c3nc4[nH]nc(Sc5cccc(Cl)c5Cl)c4[nH]c3=O)CC2)[C@@H]1N. The lowest BCUT2D eigenvalue weighted by atomic mass is 9.73. The number of rotatable bonds is 3. The van der Waals surface area contributed by atoms with Crippen molar-refractivity contribution < 1.29 is 4.74 Å². The summed E-state index contributed by atoms with van der Waals surface area (Å²) in [5.74, 6) is 0.392. The lowest BCUT2D eigenvalue weighted by molar-refractivity contribution is 0.0974. The van der Waals surface area contributed by atoms with Crippen molar-refractivity contribution in [3.8, 4) is 0 Å². The van der Waals surface area contributed by atoms with Crippen molar-refractivity contribution in [2.24, 2.45) is 11.1 Å². The Hall–Kier alpha value is -1.78. The van der Waals surface area contributed by atoms with Crippen LogP contribution in [0, 0.1) is 5.41 Å². The third-order valence-electron chi connectivity index (χ3n) is 6.40. The Labute approximate surface area is 192 Å². The lowest BCUT2D eigenvalue weighted by Gasteiger charge is -2.41. The maximum atomic E-state index is 12.9. The highest BCUT2D eigenvalue weighted by molar-refractivity contribution is 7.99. The molecule has 2 saturated heterocycles. The van der Waals surface area contributed by atoms with Crippen molar-refractivity contribution in [1.29, 1.82) is 0 Å². The number of H-pyrrole nitrogens is 2. The third-order valence-corrected chi connectivity index (χ3v) is 8.38. The van der Waals surface area contributed by atoms with Crippen LogP contribution in [0.1, 0.15) is 19.8 Å². The predicted octanol–water partition coefficient (Wildman–Crippen LogP) is 3.44. The molecule has 0 unspecified atom stereocenters. The zero-order chi connectivity index (χ0) is 21.8. The molecule has 4 N–H and O–H groups in total. The van der Waals surface area contributed by atoms with E-state index in [4.69, 9.17) is 33.7 Å². The van der Waals surface area contributed by atoms with Gasteiger partial charge in [-0.1, -0.05) is 41.0 Å². The summed E-state index contributed by atoms with van der Waals surface area (Å²) in [7, 11) is 0. The Balaban J connectivity index is 1.39. The van der Waals surface area contributed by atoms with Gasteiger partial charge in [0.2, 0.25) is 0 Å². The average Bonchev–Trinajstić information content (AvgIpc) is 3.27. The smallest absolute Gasteiger partial charge is 0.291 e. The number of anilines is 1. The van der Waals surface area contributed by atoms with Crippen molar-refractivity contribution in [3.05, 3.63) is 38.6 Å². The molecule has 5 rings (SSSR count). The third kappa shape index (κ3) is 3.62. The summed E-state index contributed by atoms with van der Waals surface area (Å²) >= 11 is 13.7. The van der Waals surface area contributed by atoms with Gasteiger partial charge in [-0.05, 0) is 31.9 Å². The van der Waals surface area contributed by atoms with Gasteiger partial charge in [0.1, 0.15) is 10.5 Å². The molecule has 0 bridgehead atoms. The maximum absolute atomic E-state index is 12.9. The average molecular weight is 481 g/mol. The van der Waals surface area contributed by atoms with E-state index in [-0.39, 0.29) is 23.1 Å². The van der Waals surface area contributed by atoms with E-state index in [1.54, 1.807) is 6.07 Å². The van der Waals surface area contributed by atoms with E-state index in [0.717, 1.165) is 17.7 Å². The molecular formula is C20H22Cl2N6O2S. The molecule has 0 aliphatic carbocycles. The quantitative estimate of drug-likeness (QED) is 0.525. The van der Waals surface area contributed by atoms with E-state index in [1.807, 2.05) is 24.0 Å². The van der Waals surface area contributed by atoms with Gasteiger partial charge in [-0.2, -0.15) is 5.10 Å². The molecule has 2 atom stereocenters. The number of ether oxygens (including phenoxy) is 1. The van der Waals surface area contributed by atoms with E-state index < -0.39 is 0 Å². The Morgan fingerprint density at radius 2 is 2.10 bits per heavy atom. The molecule has 4 heterocycles. The highest BCUT2D eigenvalue weighted by atomic mass is 35.5. The fourth-order valence-electron chi connectivity index (χ4n) is 4.43. The van der Waals surface area contributed by atoms with Crippen molar-refractivity contribution in [2.75, 3.05) is 24.6 Å². The van der Waals surface area contributed by atoms with E-state index >= 15 is 0 Å². The minimum absolute atomic E-state index is 0.0131. The van der Waals surface area contributed by atoms with Crippen LogP contribution in [-0.4, -0.2) is 52.0 Å². The van der Waals surface area contributed by atoms with Gasteiger partial charge in [0.05, 0.1) is 22.8 Å². The molecule has 8 nitrogen and oxygen atoms in total. The molecule has 0 radical (unpaired) electrons. The van der Waals surface area contributed by atoms with Gasteiger partial charge in [-0.15, -0.1) is 0 Å². The lowest BCUT2D eigenvalue weighted by Crippen LogP contribution is -2.51. The van der Waals surface area contributed by atoms with Crippen molar-refractivity contribution in [1.82, 2.24) is 20.2 Å². The summed E-state index contributed by atoms with van der Waals surface area (Å²) in [4.78, 5) is 23.2. The Morgan fingerprint density at radius 3 is 2.81 bits per heavy atom. The van der Waals surface area contributed by atoms with Crippen LogP contribution >= 0.6 is 35.0 Å². The number of piperidine rings is 1. The van der Waals surface area contributed by atoms with Crippen LogP contribution in [-0.2, 0) is 4.74 Å². The van der Waals surface area contributed by atoms with Crippen LogP contribution in [0.2, 0.25) is 10.0 Å². The number of hydrogen-bond donors (Lipinski definition) is 3. The van der Waals surface area contributed by atoms with Gasteiger partial charge in [-0.25, -0.2) is 4.98 Å². The molecule has 3 aromatic rings. The van der Waals surface area contributed by atoms with E-state index in [1.165, 1.54) is 11.8 Å². The highest BCUT2D eigenvalue weighted by Gasteiger charge is 2.47. The molecular weight excluding hydrogens is 459 g/mol. The Bertz CT molecular complexity index is 1190. The second-order valence-electron chi connectivity index (χ2n) is 8.19. The van der Waals surface area contributed by atoms with Crippen molar-refractivity contribution in [2.45, 2.75) is 41.8 Å². The monoisotopic (exact) mass is 480 g/mol. The minimum Gasteiger partial charge on any atom is -0.376 e. The van der Waals surface area contributed by atoms with E-state index in [9.17, 15) is 4.79 Å². The molecule has 2 aromatic heterocycles. The van der Waals surface area contributed by atoms with E-state index in [2.05, 4.69) is 20.2 Å². The number of fused-ring (bicyclic) bond motifs is 1. The molecule has 2 aliphatic heterocycles. The van der Waals surface area contributed by atoms with Crippen LogP contribution in [0.15, 0.2) is 32.9 Å². The number of nitrogens with zero attached hydrogens (tertiary/aromatic N) is 3. The molecule has 2 fully saturated rings. The summed E-state index contributed by atoms with van der Waals surface area (Å²) in [5, 5.41) is 8.72. The zero-order valence-electron chi connectivity index (χ0n) is 16.8. The first-order valence-electron chi connectivity index (χ1n) is 10.1. The first-order chi connectivity index (χ1) is 14.9. The molecule has 164 valence electrons. The van der Waals surface area contributed by atoms with Crippen LogP contribution in [0.25, 0.3) is 11.2 Å². The molecule has 0 saturated carbocycles. The molecule has 1 spiro atoms. The standard InChI is InChI=1S/C20H22Cl2N6O2S/c1-10-15(23)20(9-30-10)5-7-28(8-6-20)17-18(29)24-14-16(25-17)26-27-19(14)31-12-4-2-3-11(21)13(12)22/h2-4,10,15H,5-9,23H2,1H3,(H,24,29)(H,25,26,27)/t10-,15+/m0/s1. The Kier molecular flexibility index (Phi) is 5.42. The predicted molar refractivity (Wildman–Crippen MR) is 122 cm³/mol. The summed E-state index contributed by atoms with van der Waals surface area (Å²) in [6.45, 7) is 4.12. The normalized spacial score (nSPS) is 23.2. The summed E-state index contributed by atoms with van der Waals surface area (Å²) in [6, 6.07) is 5.41. The number of hydrogen-bond acceptors (Lipinski definition) is 7. The fourth-order valence-corrected chi connectivity index (χ4v) is 5.80. The summed E-state index contributed by atoms with van der Waals surface area (Å²) in [6.07, 6.45) is 1.81. The number of aromatic nitrogens is 4. The first-order valence-corrected chi connectivity index (χ1v) is 11.7. The minimum atomic E-state index is -0.246. The zero-order valence-corrected chi connectivity index (χ0v) is 19.2. The summed E-state index contributed by atoms with van der Waals surface area (Å²) in [5.41, 5.74) is 7.21. The van der Waals surface area contributed by atoms with Gasteiger partial charge in [0.25, 0.3) is 5.56 Å². The van der Waals surface area contributed by atoms with Gasteiger partial charge < -0.3 is 20.4 Å². The number of nitrogens with two attached hydrogens (primary N) is 1. The second-order valence-corrected chi connectivity index (χ2v) is 10.0. The van der Waals surface area contributed by atoms with Gasteiger partial charge in [0, 0.05) is 29.4 Å². The molecule has 2 aliphatic rings. The number of nitrogens with one attached hydrogen (secondary N) is 2. The molecule has 1 aromatic carbocycles. The number of aromatic amines is 2. The van der Waals surface area contributed by atoms with Gasteiger partial charge >= 0.3 is 0 Å². The topological polar surface area (TPSA) is 113 Å². The van der Waals surface area contributed by atoms with Gasteiger partial charge in [0.15, 0.2) is 11.5 Å². The maximum Gasteiger partial charge on any atom is 0.291 e. The highest BCUT2D eigenvalue weighted by Crippen LogP contribution is 2.42. The first kappa shape index (κ1) is 21.1. The van der Waals surface area contributed by atoms with Crippen LogP contribution in [0.3, 0.4) is 0 Å². The largest absolute Gasteiger partial charge is 0.376 e. The molecule has 0 amide bonds. The van der Waals surface area contributed by atoms with E-state index in [0.29, 0.717) is 51.7 Å². The molecule has 31 heavy (non-hydrogen) atoms. The number of benzene rings is 1. The summed E-state index contributed by atoms with van der Waals surface area (Å²) < 4.78 is 5.79. The van der Waals surface area contributed by atoms with Crippen LogP contribution in [0.5, 0.6) is 0 Å². The number of halogens is 2. The van der Waals surface area contributed by atoms with Crippen LogP contribution < -0.4 is 16.2 Å². The van der Waals surface area contributed by atoms with Gasteiger partial charge in [-0.3, -0.25) is 9.89 Å². The second kappa shape index (κ2) is 7.97. The Morgan fingerprint density at radius 1 is 1.32 bits per heavy atom. The van der Waals surface area contributed by atoms with Crippen molar-refractivity contribution in [3.63, 3.8) is 0 Å².